The molecule has 0 aliphatic rings. The van der Waals surface area contributed by atoms with E-state index in [1.54, 1.807) is 30.5 Å². The maximum Gasteiger partial charge on any atom is 0.307 e. The first kappa shape index (κ1) is 19.4. The predicted octanol–water partition coefficient (Wildman–Crippen LogP) is 2.68. The van der Waals surface area contributed by atoms with Crippen LogP contribution in [0, 0.1) is 0 Å². The van der Waals surface area contributed by atoms with E-state index in [0.29, 0.717) is 22.4 Å². The molecule has 9 nitrogen and oxygen atoms in total. The van der Waals surface area contributed by atoms with Gasteiger partial charge in [-0.2, -0.15) is 4.98 Å². The van der Waals surface area contributed by atoms with E-state index in [0.717, 1.165) is 0 Å². The topological polar surface area (TPSA) is 120 Å². The standard InChI is InChI=1S/C18H16ClN5O4/c1-11(18(26)22-14-6-5-12(19)10-21-14)27-16(25)8-7-15-23-17(24-28-15)13-4-2-3-9-20-13/h2-6,9-11H,7-8H2,1H3,(H,21,22,26). The van der Waals surface area contributed by atoms with Gasteiger partial charge in [0.1, 0.15) is 11.5 Å². The van der Waals surface area contributed by atoms with E-state index in [1.807, 2.05) is 6.07 Å². The third kappa shape index (κ3) is 5.34. The van der Waals surface area contributed by atoms with Crippen LogP contribution in [0.15, 0.2) is 47.2 Å². The summed E-state index contributed by atoms with van der Waals surface area (Å²) < 4.78 is 10.2. The minimum absolute atomic E-state index is 0.0132. The molecule has 0 aromatic carbocycles. The smallest absolute Gasteiger partial charge is 0.307 e. The molecule has 3 aromatic heterocycles. The molecule has 0 aliphatic carbocycles. The monoisotopic (exact) mass is 401 g/mol. The molecule has 0 radical (unpaired) electrons. The van der Waals surface area contributed by atoms with Crippen LogP contribution in [-0.4, -0.2) is 38.1 Å². The minimum Gasteiger partial charge on any atom is -0.453 e. The summed E-state index contributed by atoms with van der Waals surface area (Å²) in [6.45, 7) is 1.47. The number of rotatable bonds is 7. The van der Waals surface area contributed by atoms with Crippen molar-refractivity contribution in [3.05, 3.63) is 53.6 Å². The van der Waals surface area contributed by atoms with Crippen molar-refractivity contribution in [1.29, 1.82) is 0 Å². The molecule has 28 heavy (non-hydrogen) atoms. The zero-order chi connectivity index (χ0) is 19.9. The summed E-state index contributed by atoms with van der Waals surface area (Å²) in [7, 11) is 0. The summed E-state index contributed by atoms with van der Waals surface area (Å²) in [5.74, 6) is -0.139. The molecule has 144 valence electrons. The molecule has 1 atom stereocenters. The van der Waals surface area contributed by atoms with Gasteiger partial charge in [-0.3, -0.25) is 14.6 Å². The van der Waals surface area contributed by atoms with Crippen molar-refractivity contribution in [2.75, 3.05) is 5.32 Å². The lowest BCUT2D eigenvalue weighted by Crippen LogP contribution is -2.30. The highest BCUT2D eigenvalue weighted by molar-refractivity contribution is 6.30. The molecule has 1 N–H and O–H groups in total. The number of hydrogen-bond donors (Lipinski definition) is 1. The van der Waals surface area contributed by atoms with Crippen LogP contribution in [0.25, 0.3) is 11.5 Å². The summed E-state index contributed by atoms with van der Waals surface area (Å²) in [6, 6.07) is 8.47. The molecular weight excluding hydrogens is 386 g/mol. The first-order valence-electron chi connectivity index (χ1n) is 8.37. The van der Waals surface area contributed by atoms with Crippen molar-refractivity contribution in [2.45, 2.75) is 25.9 Å². The number of hydrogen-bond acceptors (Lipinski definition) is 8. The number of halogens is 1. The molecule has 0 aliphatic heterocycles. The second kappa shape index (κ2) is 9.05. The SMILES string of the molecule is CC(OC(=O)CCc1nc(-c2ccccn2)no1)C(=O)Nc1ccc(Cl)cn1. The highest BCUT2D eigenvalue weighted by Crippen LogP contribution is 2.13. The fourth-order valence-electron chi connectivity index (χ4n) is 2.15. The van der Waals surface area contributed by atoms with E-state index in [4.69, 9.17) is 20.9 Å². The first-order valence-corrected chi connectivity index (χ1v) is 8.75. The van der Waals surface area contributed by atoms with Gasteiger partial charge in [-0.15, -0.1) is 0 Å². The van der Waals surface area contributed by atoms with E-state index in [2.05, 4.69) is 25.4 Å². The van der Waals surface area contributed by atoms with E-state index in [1.165, 1.54) is 13.1 Å². The van der Waals surface area contributed by atoms with Gasteiger partial charge in [0.25, 0.3) is 5.91 Å². The Morgan fingerprint density at radius 2 is 2.11 bits per heavy atom. The zero-order valence-electron chi connectivity index (χ0n) is 14.8. The van der Waals surface area contributed by atoms with Gasteiger partial charge >= 0.3 is 5.97 Å². The summed E-state index contributed by atoms with van der Waals surface area (Å²) in [5.41, 5.74) is 0.571. The van der Waals surface area contributed by atoms with Gasteiger partial charge < -0.3 is 14.6 Å². The molecule has 3 heterocycles. The Kier molecular flexibility index (Phi) is 6.28. The van der Waals surface area contributed by atoms with Gasteiger partial charge in [-0.25, -0.2) is 4.98 Å². The quantitative estimate of drug-likeness (QED) is 0.600. The van der Waals surface area contributed by atoms with E-state index < -0.39 is 18.0 Å². The number of aromatic nitrogens is 4. The predicted molar refractivity (Wildman–Crippen MR) is 99.3 cm³/mol. The number of nitrogens with one attached hydrogen (secondary N) is 1. The van der Waals surface area contributed by atoms with Crippen molar-refractivity contribution in [3.8, 4) is 11.5 Å². The van der Waals surface area contributed by atoms with Crippen LogP contribution in [0.5, 0.6) is 0 Å². The van der Waals surface area contributed by atoms with Gasteiger partial charge in [-0.1, -0.05) is 22.8 Å². The minimum atomic E-state index is -0.989. The molecule has 0 fully saturated rings. The van der Waals surface area contributed by atoms with E-state index in [-0.39, 0.29) is 18.7 Å². The van der Waals surface area contributed by atoms with Crippen LogP contribution in [0.3, 0.4) is 0 Å². The van der Waals surface area contributed by atoms with Gasteiger partial charge in [0.2, 0.25) is 11.7 Å². The lowest BCUT2D eigenvalue weighted by Gasteiger charge is -2.12. The van der Waals surface area contributed by atoms with Crippen LogP contribution in [0.1, 0.15) is 19.2 Å². The lowest BCUT2D eigenvalue weighted by molar-refractivity contribution is -0.153. The molecule has 3 aromatic rings. The number of anilines is 1. The van der Waals surface area contributed by atoms with Crippen LogP contribution in [0.2, 0.25) is 5.02 Å². The molecule has 0 saturated heterocycles. The maximum atomic E-state index is 12.1. The van der Waals surface area contributed by atoms with Gasteiger partial charge in [0.05, 0.1) is 11.4 Å². The molecule has 0 bridgehead atoms. The highest BCUT2D eigenvalue weighted by Gasteiger charge is 2.19. The summed E-state index contributed by atoms with van der Waals surface area (Å²) in [4.78, 5) is 36.3. The molecule has 1 amide bonds. The zero-order valence-corrected chi connectivity index (χ0v) is 15.6. The Morgan fingerprint density at radius 3 is 2.82 bits per heavy atom. The number of pyridine rings is 2. The number of nitrogens with zero attached hydrogens (tertiary/aromatic N) is 4. The number of carbonyl (C=O) groups excluding carboxylic acids is 2. The van der Waals surface area contributed by atoms with Crippen molar-refractivity contribution >= 4 is 29.3 Å². The average Bonchev–Trinajstić information content (AvgIpc) is 3.18. The molecule has 0 saturated carbocycles. The Bertz CT molecular complexity index is 946. The molecular formula is C18H16ClN5O4. The third-order valence-electron chi connectivity index (χ3n) is 3.56. The molecule has 1 unspecified atom stereocenters. The Balaban J connectivity index is 1.46. The number of amides is 1. The average molecular weight is 402 g/mol. The Hall–Kier alpha value is -3.33. The van der Waals surface area contributed by atoms with Crippen LogP contribution >= 0.6 is 11.6 Å². The molecule has 3 rings (SSSR count). The van der Waals surface area contributed by atoms with Crippen LogP contribution in [0.4, 0.5) is 5.82 Å². The lowest BCUT2D eigenvalue weighted by atomic mass is 10.3. The number of aryl methyl sites for hydroxylation is 1. The normalized spacial score (nSPS) is 11.6. The van der Waals surface area contributed by atoms with Crippen molar-refractivity contribution < 1.29 is 18.8 Å². The van der Waals surface area contributed by atoms with E-state index in [9.17, 15) is 9.59 Å². The van der Waals surface area contributed by atoms with Crippen LogP contribution in [-0.2, 0) is 20.7 Å². The number of carbonyl (C=O) groups is 2. The number of ether oxygens (including phenoxy) is 1. The molecule has 10 heteroatoms. The fraction of sp³-hybridized carbons (Fsp3) is 0.222. The van der Waals surface area contributed by atoms with Gasteiger partial charge in [0.15, 0.2) is 6.10 Å². The van der Waals surface area contributed by atoms with Gasteiger partial charge in [0, 0.05) is 18.8 Å². The highest BCUT2D eigenvalue weighted by atomic mass is 35.5. The first-order chi connectivity index (χ1) is 13.5. The van der Waals surface area contributed by atoms with Gasteiger partial charge in [-0.05, 0) is 31.2 Å². The second-order valence-electron chi connectivity index (χ2n) is 5.71. The second-order valence-corrected chi connectivity index (χ2v) is 6.15. The largest absolute Gasteiger partial charge is 0.453 e. The maximum absolute atomic E-state index is 12.1. The van der Waals surface area contributed by atoms with Crippen molar-refractivity contribution in [2.24, 2.45) is 0 Å². The summed E-state index contributed by atoms with van der Waals surface area (Å²) in [5, 5.41) is 6.81. The summed E-state index contributed by atoms with van der Waals surface area (Å²) >= 11 is 5.74. The van der Waals surface area contributed by atoms with Crippen molar-refractivity contribution in [3.63, 3.8) is 0 Å². The fourth-order valence-corrected chi connectivity index (χ4v) is 2.26. The number of esters is 1. The Morgan fingerprint density at radius 1 is 1.25 bits per heavy atom. The van der Waals surface area contributed by atoms with Crippen molar-refractivity contribution in [1.82, 2.24) is 20.1 Å². The Labute approximate surface area is 165 Å². The molecule has 0 spiro atoms. The summed E-state index contributed by atoms with van der Waals surface area (Å²) in [6.07, 6.45) is 2.20. The van der Waals surface area contributed by atoms with Crippen LogP contribution < -0.4 is 5.32 Å². The third-order valence-corrected chi connectivity index (χ3v) is 3.78. The van der Waals surface area contributed by atoms with E-state index >= 15 is 0 Å².